The molecule has 0 radical (unpaired) electrons. The van der Waals surface area contributed by atoms with Crippen molar-refractivity contribution in [3.8, 4) is 0 Å². The lowest BCUT2D eigenvalue weighted by atomic mass is 10.0. The van der Waals surface area contributed by atoms with Crippen LogP contribution in [0.25, 0.3) is 0 Å². The van der Waals surface area contributed by atoms with Crippen LogP contribution in [0.1, 0.15) is 96.3 Å². The second-order valence-corrected chi connectivity index (χ2v) is 9.05. The molecule has 2 amide bonds. The fourth-order valence-electron chi connectivity index (χ4n) is 3.68. The molecule has 0 spiro atoms. The van der Waals surface area contributed by atoms with Crippen molar-refractivity contribution < 1.29 is 14.1 Å². The van der Waals surface area contributed by atoms with Gasteiger partial charge in [-0.05, 0) is 12.8 Å². The molecule has 1 rings (SSSR count). The minimum atomic E-state index is 0.0562. The first-order chi connectivity index (χ1) is 12.4. The van der Waals surface area contributed by atoms with E-state index in [1.807, 2.05) is 0 Å². The maximum Gasteiger partial charge on any atom is 0.229 e. The topological polar surface area (TPSA) is 37.4 Å². The molecule has 0 aromatic carbocycles. The van der Waals surface area contributed by atoms with Crippen LogP contribution in [-0.2, 0) is 9.59 Å². The van der Waals surface area contributed by atoms with E-state index in [0.717, 1.165) is 43.1 Å². The van der Waals surface area contributed by atoms with Gasteiger partial charge in [0.05, 0.1) is 27.7 Å². The summed E-state index contributed by atoms with van der Waals surface area (Å²) in [6, 6.07) is 0. The van der Waals surface area contributed by atoms with E-state index < -0.39 is 0 Å². The van der Waals surface area contributed by atoms with Crippen LogP contribution in [0.15, 0.2) is 0 Å². The van der Waals surface area contributed by atoms with Gasteiger partial charge in [0.2, 0.25) is 11.8 Å². The van der Waals surface area contributed by atoms with Crippen molar-refractivity contribution in [3.05, 3.63) is 0 Å². The van der Waals surface area contributed by atoms with Crippen LogP contribution in [0.4, 0.5) is 0 Å². The van der Waals surface area contributed by atoms with Gasteiger partial charge in [0, 0.05) is 25.8 Å². The maximum atomic E-state index is 12.6. The summed E-state index contributed by atoms with van der Waals surface area (Å²) >= 11 is 0. The van der Waals surface area contributed by atoms with Crippen molar-refractivity contribution in [2.24, 2.45) is 0 Å². The minimum absolute atomic E-state index is 0.0562. The highest BCUT2D eigenvalue weighted by molar-refractivity contribution is 5.95. The van der Waals surface area contributed by atoms with E-state index in [2.05, 4.69) is 21.1 Å². The van der Waals surface area contributed by atoms with Gasteiger partial charge < -0.3 is 4.48 Å². The molecule has 0 unspecified atom stereocenters. The van der Waals surface area contributed by atoms with Gasteiger partial charge in [-0.3, -0.25) is 14.5 Å². The Morgan fingerprint density at radius 3 is 1.35 bits per heavy atom. The third kappa shape index (κ3) is 11.7. The highest BCUT2D eigenvalue weighted by atomic mass is 16.2. The Kier molecular flexibility index (Phi) is 11.8. The number of hydrogen-bond donors (Lipinski definition) is 0. The maximum absolute atomic E-state index is 12.6. The van der Waals surface area contributed by atoms with Crippen LogP contribution in [0.5, 0.6) is 0 Å². The lowest BCUT2D eigenvalue weighted by Crippen LogP contribution is -2.41. The number of imide groups is 1. The Labute approximate surface area is 161 Å². The average molecular weight is 368 g/mol. The van der Waals surface area contributed by atoms with Crippen molar-refractivity contribution in [3.63, 3.8) is 0 Å². The second-order valence-electron chi connectivity index (χ2n) is 9.05. The summed E-state index contributed by atoms with van der Waals surface area (Å²) in [6.45, 7) is 1.57. The Balaban J connectivity index is 2.54. The molecule has 0 aromatic rings. The highest BCUT2D eigenvalue weighted by Gasteiger charge is 2.21. The number of quaternary nitrogens is 1. The van der Waals surface area contributed by atoms with Crippen LogP contribution in [0.2, 0.25) is 0 Å². The van der Waals surface area contributed by atoms with Crippen molar-refractivity contribution >= 4 is 11.8 Å². The lowest BCUT2D eigenvalue weighted by Gasteiger charge is -2.26. The van der Waals surface area contributed by atoms with Gasteiger partial charge in [-0.1, -0.05) is 64.2 Å². The number of rotatable bonds is 4. The van der Waals surface area contributed by atoms with Crippen molar-refractivity contribution in [1.29, 1.82) is 0 Å². The zero-order valence-corrected chi connectivity index (χ0v) is 17.7. The summed E-state index contributed by atoms with van der Waals surface area (Å²) < 4.78 is 0.871. The molecule has 152 valence electrons. The molecule has 1 aliphatic heterocycles. The molecule has 0 saturated carbocycles. The molecule has 4 nitrogen and oxygen atoms in total. The standard InChI is InChI=1S/C22H43N2O2/c1-24(2,3)20-16-19-23-21(25)17-14-12-10-8-6-4-5-7-9-11-13-15-18-22(23)26/h4-20H2,1-3H3/q+1. The van der Waals surface area contributed by atoms with Crippen LogP contribution in [0, 0.1) is 0 Å². The molecule has 1 heterocycles. The Morgan fingerprint density at radius 2 is 1.00 bits per heavy atom. The van der Waals surface area contributed by atoms with E-state index in [1.165, 1.54) is 51.4 Å². The van der Waals surface area contributed by atoms with Gasteiger partial charge in [0.1, 0.15) is 0 Å². The number of carbonyl (C=O) groups is 2. The summed E-state index contributed by atoms with van der Waals surface area (Å²) in [7, 11) is 6.46. The molecule has 0 N–H and O–H groups in total. The SMILES string of the molecule is C[N+](C)(C)CCCN1C(=O)CCCCCCCCCCCCCCC1=O. The van der Waals surface area contributed by atoms with E-state index in [0.29, 0.717) is 19.4 Å². The van der Waals surface area contributed by atoms with Crippen LogP contribution < -0.4 is 0 Å². The predicted octanol–water partition coefficient (Wildman–Crippen LogP) is 4.91. The molecule has 1 aliphatic rings. The Morgan fingerprint density at radius 1 is 0.654 bits per heavy atom. The summed E-state index contributed by atoms with van der Waals surface area (Å²) in [6.07, 6.45) is 16.5. The van der Waals surface area contributed by atoms with E-state index in [-0.39, 0.29) is 11.8 Å². The molecule has 1 saturated heterocycles. The number of amides is 2. The van der Waals surface area contributed by atoms with Gasteiger partial charge in [0.25, 0.3) is 0 Å². The van der Waals surface area contributed by atoms with E-state index in [9.17, 15) is 9.59 Å². The molecular weight excluding hydrogens is 324 g/mol. The fourth-order valence-corrected chi connectivity index (χ4v) is 3.68. The van der Waals surface area contributed by atoms with Crippen LogP contribution in [-0.4, -0.2) is 55.4 Å². The van der Waals surface area contributed by atoms with Crippen molar-refractivity contribution in [2.75, 3.05) is 34.2 Å². The molecule has 26 heavy (non-hydrogen) atoms. The smallest absolute Gasteiger partial charge is 0.229 e. The third-order valence-corrected chi connectivity index (χ3v) is 5.34. The van der Waals surface area contributed by atoms with Gasteiger partial charge >= 0.3 is 0 Å². The van der Waals surface area contributed by atoms with Gasteiger partial charge in [-0.15, -0.1) is 0 Å². The zero-order valence-electron chi connectivity index (χ0n) is 17.7. The quantitative estimate of drug-likeness (QED) is 0.523. The van der Waals surface area contributed by atoms with Gasteiger partial charge in [0.15, 0.2) is 0 Å². The predicted molar refractivity (Wildman–Crippen MR) is 109 cm³/mol. The Bertz CT molecular complexity index is 373. The first-order valence-electron chi connectivity index (χ1n) is 11.0. The van der Waals surface area contributed by atoms with E-state index >= 15 is 0 Å². The number of hydrogen-bond acceptors (Lipinski definition) is 2. The molecule has 0 aliphatic carbocycles. The molecule has 4 heteroatoms. The van der Waals surface area contributed by atoms with Gasteiger partial charge in [-0.2, -0.15) is 0 Å². The highest BCUT2D eigenvalue weighted by Crippen LogP contribution is 2.15. The number of carbonyl (C=O) groups excluding carboxylic acids is 2. The lowest BCUT2D eigenvalue weighted by molar-refractivity contribution is -0.870. The first kappa shape index (κ1) is 23.1. The molecule has 0 bridgehead atoms. The van der Waals surface area contributed by atoms with Crippen LogP contribution in [0.3, 0.4) is 0 Å². The second kappa shape index (κ2) is 13.3. The largest absolute Gasteiger partial charge is 0.331 e. The fraction of sp³-hybridized carbons (Fsp3) is 0.909. The van der Waals surface area contributed by atoms with E-state index in [1.54, 1.807) is 4.90 Å². The average Bonchev–Trinajstić information content (AvgIpc) is 2.57. The van der Waals surface area contributed by atoms with E-state index in [4.69, 9.17) is 0 Å². The molecule has 0 atom stereocenters. The van der Waals surface area contributed by atoms with Gasteiger partial charge in [-0.25, -0.2) is 0 Å². The monoisotopic (exact) mass is 367 g/mol. The zero-order chi connectivity index (χ0) is 19.3. The normalized spacial score (nSPS) is 20.8. The molecule has 0 aromatic heterocycles. The van der Waals surface area contributed by atoms with Crippen molar-refractivity contribution in [1.82, 2.24) is 4.90 Å². The minimum Gasteiger partial charge on any atom is -0.331 e. The molecule has 1 fully saturated rings. The Hall–Kier alpha value is -0.900. The van der Waals surface area contributed by atoms with Crippen molar-refractivity contribution in [2.45, 2.75) is 96.3 Å². The summed E-state index contributed by atoms with van der Waals surface area (Å²) in [5.41, 5.74) is 0. The summed E-state index contributed by atoms with van der Waals surface area (Å²) in [4.78, 5) is 26.8. The summed E-state index contributed by atoms with van der Waals surface area (Å²) in [5, 5.41) is 0. The third-order valence-electron chi connectivity index (χ3n) is 5.34. The molecular formula is C22H43N2O2+. The van der Waals surface area contributed by atoms with Crippen LogP contribution >= 0.6 is 0 Å². The number of nitrogens with zero attached hydrogens (tertiary/aromatic N) is 2. The summed E-state index contributed by atoms with van der Waals surface area (Å²) in [5.74, 6) is 0.112. The first-order valence-corrected chi connectivity index (χ1v) is 11.0.